The molecule has 1 heterocycles. The number of aromatic nitrogens is 1. The molecule has 1 amide bonds. The zero-order chi connectivity index (χ0) is 17.0. The lowest BCUT2D eigenvalue weighted by molar-refractivity contribution is 0.0948. The van der Waals surface area contributed by atoms with E-state index in [0.717, 1.165) is 17.0 Å². The van der Waals surface area contributed by atoms with E-state index in [1.54, 1.807) is 24.3 Å². The van der Waals surface area contributed by atoms with E-state index < -0.39 is 10.8 Å². The average molecular weight is 334 g/mol. The van der Waals surface area contributed by atoms with E-state index in [1.165, 1.54) is 0 Å². The van der Waals surface area contributed by atoms with Crippen LogP contribution in [0.1, 0.15) is 47.1 Å². The topological polar surface area (TPSA) is 72.2 Å². The van der Waals surface area contributed by atoms with Gasteiger partial charge < -0.3 is 9.84 Å². The molecule has 6 heteroatoms. The van der Waals surface area contributed by atoms with Crippen molar-refractivity contribution >= 4 is 16.7 Å². The van der Waals surface area contributed by atoms with E-state index in [2.05, 4.69) is 10.5 Å². The van der Waals surface area contributed by atoms with Crippen molar-refractivity contribution in [1.29, 1.82) is 0 Å². The van der Waals surface area contributed by atoms with Gasteiger partial charge in [0.15, 0.2) is 0 Å². The van der Waals surface area contributed by atoms with Crippen LogP contribution in [0.25, 0.3) is 0 Å². The molecule has 0 aliphatic heterocycles. The minimum atomic E-state index is -1.16. The molecule has 124 valence electrons. The second-order valence-electron chi connectivity index (χ2n) is 5.48. The smallest absolute Gasteiger partial charge is 0.252 e. The van der Waals surface area contributed by atoms with Crippen LogP contribution < -0.4 is 5.32 Å². The van der Waals surface area contributed by atoms with Gasteiger partial charge in [0, 0.05) is 23.8 Å². The zero-order valence-corrected chi connectivity index (χ0v) is 14.7. The fourth-order valence-corrected chi connectivity index (χ4v) is 3.59. The third-order valence-corrected chi connectivity index (χ3v) is 5.16. The molecule has 0 fully saturated rings. The minimum absolute atomic E-state index is 0.0917. The van der Waals surface area contributed by atoms with Gasteiger partial charge in [0.05, 0.1) is 27.0 Å². The van der Waals surface area contributed by atoms with Gasteiger partial charge in [-0.05, 0) is 26.0 Å². The molecule has 5 nitrogen and oxygen atoms in total. The average Bonchev–Trinajstić information content (AvgIpc) is 2.90. The summed E-state index contributed by atoms with van der Waals surface area (Å²) in [5.74, 6) is 1.14. The number of aryl methyl sites for hydroxylation is 2. The van der Waals surface area contributed by atoms with Crippen molar-refractivity contribution in [1.82, 2.24) is 10.5 Å². The number of amides is 1. The molecule has 1 aromatic heterocycles. The van der Waals surface area contributed by atoms with E-state index in [9.17, 15) is 9.00 Å². The number of benzene rings is 1. The van der Waals surface area contributed by atoms with Crippen molar-refractivity contribution in [2.24, 2.45) is 0 Å². The van der Waals surface area contributed by atoms with Gasteiger partial charge in [-0.2, -0.15) is 0 Å². The van der Waals surface area contributed by atoms with Gasteiger partial charge in [-0.25, -0.2) is 0 Å². The molecule has 2 atom stereocenters. The third-order valence-electron chi connectivity index (χ3n) is 3.79. The number of nitrogens with one attached hydrogen (secondary N) is 1. The summed E-state index contributed by atoms with van der Waals surface area (Å²) in [6.45, 7) is 8.08. The predicted octanol–water partition coefficient (Wildman–Crippen LogP) is 2.95. The highest BCUT2D eigenvalue weighted by molar-refractivity contribution is 7.85. The van der Waals surface area contributed by atoms with E-state index >= 15 is 0 Å². The maximum atomic E-state index is 12.4. The first kappa shape index (κ1) is 17.4. The van der Waals surface area contributed by atoms with E-state index in [4.69, 9.17) is 4.52 Å². The standard InChI is InChI=1S/C17H22N2O3S/c1-5-23(21)15-9-7-6-8-14(15)17(20)18-10-11(2)16-12(3)19-22-13(16)4/h6-9,11H,5,10H2,1-4H3,(H,18,20). The van der Waals surface area contributed by atoms with Crippen LogP contribution in [0, 0.1) is 13.8 Å². The number of hydrogen-bond acceptors (Lipinski definition) is 4. The molecule has 0 radical (unpaired) electrons. The van der Waals surface area contributed by atoms with Crippen LogP contribution in [0.4, 0.5) is 0 Å². The molecular formula is C17H22N2O3S. The summed E-state index contributed by atoms with van der Waals surface area (Å²) in [4.78, 5) is 13.0. The normalized spacial score (nSPS) is 13.6. The first-order valence-electron chi connectivity index (χ1n) is 7.64. The fourth-order valence-electron chi connectivity index (χ4n) is 2.64. The number of hydrogen-bond donors (Lipinski definition) is 1. The number of carbonyl (C=O) groups is 1. The molecule has 23 heavy (non-hydrogen) atoms. The monoisotopic (exact) mass is 334 g/mol. The van der Waals surface area contributed by atoms with Crippen LogP contribution in [-0.2, 0) is 10.8 Å². The highest BCUT2D eigenvalue weighted by Gasteiger charge is 2.19. The minimum Gasteiger partial charge on any atom is -0.361 e. The molecule has 0 spiro atoms. The molecule has 1 N–H and O–H groups in total. The predicted molar refractivity (Wildman–Crippen MR) is 90.1 cm³/mol. The van der Waals surface area contributed by atoms with Crippen LogP contribution >= 0.6 is 0 Å². The Morgan fingerprint density at radius 3 is 2.65 bits per heavy atom. The van der Waals surface area contributed by atoms with Gasteiger partial charge in [-0.1, -0.05) is 31.1 Å². The van der Waals surface area contributed by atoms with Crippen molar-refractivity contribution < 1.29 is 13.5 Å². The lowest BCUT2D eigenvalue weighted by Crippen LogP contribution is -2.28. The van der Waals surface area contributed by atoms with Gasteiger partial charge in [-0.3, -0.25) is 9.00 Å². The lowest BCUT2D eigenvalue weighted by atomic mass is 9.99. The largest absolute Gasteiger partial charge is 0.361 e. The molecule has 0 saturated heterocycles. The first-order valence-corrected chi connectivity index (χ1v) is 8.96. The molecule has 0 aliphatic rings. The van der Waals surface area contributed by atoms with Crippen LogP contribution in [0.15, 0.2) is 33.7 Å². The quantitative estimate of drug-likeness (QED) is 0.881. The fraction of sp³-hybridized carbons (Fsp3) is 0.412. The summed E-state index contributed by atoms with van der Waals surface area (Å²) in [5, 5.41) is 6.86. The summed E-state index contributed by atoms with van der Waals surface area (Å²) in [7, 11) is -1.16. The molecule has 2 aromatic rings. The Labute approximate surface area is 138 Å². The van der Waals surface area contributed by atoms with Crippen molar-refractivity contribution in [2.75, 3.05) is 12.3 Å². The van der Waals surface area contributed by atoms with Crippen LogP contribution in [0.3, 0.4) is 0 Å². The number of nitrogens with zero attached hydrogens (tertiary/aromatic N) is 1. The van der Waals surface area contributed by atoms with Crippen LogP contribution in [0.2, 0.25) is 0 Å². The number of rotatable bonds is 6. The van der Waals surface area contributed by atoms with Crippen LogP contribution in [0.5, 0.6) is 0 Å². The molecule has 0 aliphatic carbocycles. The van der Waals surface area contributed by atoms with Crippen molar-refractivity contribution in [3.8, 4) is 0 Å². The van der Waals surface area contributed by atoms with Gasteiger partial charge in [0.25, 0.3) is 5.91 Å². The van der Waals surface area contributed by atoms with Crippen molar-refractivity contribution in [3.63, 3.8) is 0 Å². The van der Waals surface area contributed by atoms with Gasteiger partial charge >= 0.3 is 0 Å². The van der Waals surface area contributed by atoms with Crippen molar-refractivity contribution in [2.45, 2.75) is 38.5 Å². The molecule has 2 rings (SSSR count). The molecule has 0 bridgehead atoms. The Kier molecular flexibility index (Phi) is 5.71. The summed E-state index contributed by atoms with van der Waals surface area (Å²) in [5.41, 5.74) is 2.34. The Balaban J connectivity index is 2.10. The lowest BCUT2D eigenvalue weighted by Gasteiger charge is -2.14. The zero-order valence-electron chi connectivity index (χ0n) is 13.9. The second kappa shape index (κ2) is 7.55. The molecule has 2 unspecified atom stereocenters. The number of carbonyl (C=O) groups excluding carboxylic acids is 1. The maximum Gasteiger partial charge on any atom is 0.252 e. The molecule has 1 aromatic carbocycles. The summed E-state index contributed by atoms with van der Waals surface area (Å²) in [6.07, 6.45) is 0. The van der Waals surface area contributed by atoms with Crippen molar-refractivity contribution in [3.05, 3.63) is 46.8 Å². The van der Waals surface area contributed by atoms with E-state index in [-0.39, 0.29) is 11.8 Å². The molecule has 0 saturated carbocycles. The summed E-state index contributed by atoms with van der Waals surface area (Å²) < 4.78 is 17.2. The van der Waals surface area contributed by atoms with Crippen LogP contribution in [-0.4, -0.2) is 27.6 Å². The van der Waals surface area contributed by atoms with Gasteiger partial charge in [0.1, 0.15) is 5.76 Å². The Morgan fingerprint density at radius 2 is 2.04 bits per heavy atom. The van der Waals surface area contributed by atoms with Gasteiger partial charge in [0.2, 0.25) is 0 Å². The van der Waals surface area contributed by atoms with E-state index in [1.807, 2.05) is 27.7 Å². The third kappa shape index (κ3) is 3.88. The summed E-state index contributed by atoms with van der Waals surface area (Å²) >= 11 is 0. The summed E-state index contributed by atoms with van der Waals surface area (Å²) in [6, 6.07) is 7.03. The first-order chi connectivity index (χ1) is 11.0. The second-order valence-corrected chi connectivity index (χ2v) is 7.19. The Hall–Kier alpha value is -1.95. The highest BCUT2D eigenvalue weighted by Crippen LogP contribution is 2.22. The molecular weight excluding hydrogens is 312 g/mol. The van der Waals surface area contributed by atoms with E-state index in [0.29, 0.717) is 22.8 Å². The van der Waals surface area contributed by atoms with Gasteiger partial charge in [-0.15, -0.1) is 0 Å². The highest BCUT2D eigenvalue weighted by atomic mass is 32.2. The Bertz CT molecular complexity index is 705. The SMILES string of the molecule is CCS(=O)c1ccccc1C(=O)NCC(C)c1c(C)noc1C. The maximum absolute atomic E-state index is 12.4. The Morgan fingerprint density at radius 1 is 1.35 bits per heavy atom.